The summed E-state index contributed by atoms with van der Waals surface area (Å²) < 4.78 is 42.7. The highest BCUT2D eigenvalue weighted by atomic mass is 35.5. The van der Waals surface area contributed by atoms with E-state index in [9.17, 15) is 22.7 Å². The number of likely N-dealkylation sites (N-methyl/N-ethyl adjacent to an activating group) is 1. The highest BCUT2D eigenvalue weighted by molar-refractivity contribution is 7.89. The minimum atomic E-state index is -4.17. The first-order chi connectivity index (χ1) is 14.0. The molecule has 0 bridgehead atoms. The maximum absolute atomic E-state index is 14.7. The second-order valence-corrected chi connectivity index (χ2v) is 9.92. The van der Waals surface area contributed by atoms with Gasteiger partial charge in [-0.2, -0.15) is 4.31 Å². The van der Waals surface area contributed by atoms with Crippen LogP contribution < -0.4 is 4.90 Å². The van der Waals surface area contributed by atoms with Gasteiger partial charge in [0.25, 0.3) is 0 Å². The Labute approximate surface area is 180 Å². The van der Waals surface area contributed by atoms with Crippen LogP contribution in [0.2, 0.25) is 5.02 Å². The number of hydrogen-bond donors (Lipinski definition) is 1. The smallest absolute Gasteiger partial charge is 0.322 e. The lowest BCUT2D eigenvalue weighted by molar-refractivity contribution is -0.142. The highest BCUT2D eigenvalue weighted by Crippen LogP contribution is 2.37. The van der Waals surface area contributed by atoms with Gasteiger partial charge < -0.3 is 10.0 Å². The van der Waals surface area contributed by atoms with Gasteiger partial charge in [-0.1, -0.05) is 24.6 Å². The number of sulfonamides is 1. The van der Waals surface area contributed by atoms with Crippen molar-refractivity contribution in [2.24, 2.45) is 0 Å². The average molecular weight is 455 g/mol. The Morgan fingerprint density at radius 1 is 1.20 bits per heavy atom. The number of nitrogens with zero attached hydrogens (tertiary/aromatic N) is 2. The topological polar surface area (TPSA) is 77.9 Å². The van der Waals surface area contributed by atoms with Gasteiger partial charge in [-0.25, -0.2) is 12.8 Å². The molecule has 30 heavy (non-hydrogen) atoms. The molecule has 0 aliphatic carbocycles. The molecule has 1 aliphatic rings. The summed E-state index contributed by atoms with van der Waals surface area (Å²) in [6, 6.07) is 5.81. The molecule has 6 nitrogen and oxygen atoms in total. The minimum absolute atomic E-state index is 0.0215. The zero-order chi connectivity index (χ0) is 22.4. The van der Waals surface area contributed by atoms with E-state index in [4.69, 9.17) is 11.6 Å². The number of carboxylic acid groups (broad SMARTS) is 1. The lowest BCUT2D eigenvalue weighted by atomic mass is 9.87. The number of fused-ring (bicyclic) bond motifs is 1. The highest BCUT2D eigenvalue weighted by Gasteiger charge is 2.43. The van der Waals surface area contributed by atoms with Crippen LogP contribution in [0, 0.1) is 19.7 Å². The Kier molecular flexibility index (Phi) is 6.13. The molecule has 1 heterocycles. The number of halogens is 2. The zero-order valence-corrected chi connectivity index (χ0v) is 18.8. The molecular formula is C21H24ClFN2O4S. The quantitative estimate of drug-likeness (QED) is 0.760. The number of carboxylic acids is 1. The fourth-order valence-corrected chi connectivity index (χ4v) is 6.05. The molecule has 0 fully saturated rings. The maximum atomic E-state index is 14.7. The first-order valence-corrected chi connectivity index (χ1v) is 11.3. The number of carbonyl (C=O) groups is 1. The second-order valence-electron chi connectivity index (χ2n) is 7.62. The van der Waals surface area contributed by atoms with Crippen LogP contribution in [0.3, 0.4) is 0 Å². The fourth-order valence-electron chi connectivity index (χ4n) is 4.02. The predicted octanol–water partition coefficient (Wildman–Crippen LogP) is 3.79. The molecule has 2 unspecified atom stereocenters. The Morgan fingerprint density at radius 3 is 2.50 bits per heavy atom. The summed E-state index contributed by atoms with van der Waals surface area (Å²) in [5.74, 6) is -2.78. The van der Waals surface area contributed by atoms with Crippen molar-refractivity contribution in [3.05, 3.63) is 57.9 Å². The molecule has 1 aliphatic heterocycles. The van der Waals surface area contributed by atoms with Crippen molar-refractivity contribution >= 4 is 33.3 Å². The van der Waals surface area contributed by atoms with E-state index in [1.54, 1.807) is 44.9 Å². The van der Waals surface area contributed by atoms with Gasteiger partial charge in [0.15, 0.2) is 0 Å². The van der Waals surface area contributed by atoms with Crippen LogP contribution in [0.1, 0.15) is 29.5 Å². The van der Waals surface area contributed by atoms with Crippen molar-refractivity contribution in [3.8, 4) is 0 Å². The fraction of sp³-hybridized carbons (Fsp3) is 0.381. The molecule has 2 aromatic carbocycles. The lowest BCUT2D eigenvalue weighted by Gasteiger charge is -2.32. The third-order valence-electron chi connectivity index (χ3n) is 5.80. The van der Waals surface area contributed by atoms with Crippen LogP contribution in [-0.2, 0) is 14.8 Å². The molecule has 0 radical (unpaired) electrons. The minimum Gasteiger partial charge on any atom is -0.480 e. The molecule has 3 rings (SSSR count). The van der Waals surface area contributed by atoms with Crippen molar-refractivity contribution in [1.29, 1.82) is 0 Å². The number of aliphatic carboxylic acids is 1. The summed E-state index contributed by atoms with van der Waals surface area (Å²) in [4.78, 5) is 14.0. The molecule has 0 saturated heterocycles. The van der Waals surface area contributed by atoms with Gasteiger partial charge in [0.1, 0.15) is 16.8 Å². The van der Waals surface area contributed by atoms with Crippen molar-refractivity contribution in [3.63, 3.8) is 0 Å². The van der Waals surface area contributed by atoms with E-state index < -0.39 is 33.8 Å². The number of hydrogen-bond acceptors (Lipinski definition) is 4. The van der Waals surface area contributed by atoms with Crippen LogP contribution in [0.4, 0.5) is 10.1 Å². The second kappa shape index (κ2) is 8.17. The van der Waals surface area contributed by atoms with Gasteiger partial charge in [-0.3, -0.25) is 4.79 Å². The van der Waals surface area contributed by atoms with Crippen molar-refractivity contribution in [2.75, 3.05) is 25.0 Å². The zero-order valence-electron chi connectivity index (χ0n) is 17.2. The first-order valence-electron chi connectivity index (χ1n) is 9.47. The van der Waals surface area contributed by atoms with Gasteiger partial charge >= 0.3 is 5.97 Å². The number of benzene rings is 2. The number of rotatable bonds is 4. The van der Waals surface area contributed by atoms with E-state index >= 15 is 0 Å². The molecule has 9 heteroatoms. The van der Waals surface area contributed by atoms with Crippen LogP contribution in [0.25, 0.3) is 0 Å². The lowest BCUT2D eigenvalue weighted by Crippen LogP contribution is -2.49. The first kappa shape index (κ1) is 22.5. The van der Waals surface area contributed by atoms with E-state index in [0.717, 1.165) is 9.87 Å². The van der Waals surface area contributed by atoms with E-state index in [2.05, 4.69) is 0 Å². The van der Waals surface area contributed by atoms with Crippen LogP contribution in [-0.4, -0.2) is 50.0 Å². The largest absolute Gasteiger partial charge is 0.480 e. The Morgan fingerprint density at radius 2 is 1.87 bits per heavy atom. The standard InChI is InChI=1S/C21H24ClFN2O4S/c1-12-5-7-16(23)19(13(12)2)14(3)20(21(26)27)25-10-9-24(4)17-11-15(22)6-8-18(17)30(25,28)29/h5-8,11,14,20H,9-10H2,1-4H3,(H,26,27). The van der Waals surface area contributed by atoms with E-state index in [1.807, 2.05) is 0 Å². The Balaban J connectivity index is 2.17. The van der Waals surface area contributed by atoms with Gasteiger partial charge in [-0.05, 0) is 54.8 Å². The number of anilines is 1. The van der Waals surface area contributed by atoms with Crippen LogP contribution >= 0.6 is 11.6 Å². The summed E-state index contributed by atoms with van der Waals surface area (Å²) in [6.07, 6.45) is 0. The summed E-state index contributed by atoms with van der Waals surface area (Å²) in [7, 11) is -2.45. The van der Waals surface area contributed by atoms with E-state index in [1.165, 1.54) is 18.2 Å². The molecule has 0 aromatic heterocycles. The third-order valence-corrected chi connectivity index (χ3v) is 7.96. The van der Waals surface area contributed by atoms with Crippen LogP contribution in [0.5, 0.6) is 0 Å². The molecule has 0 amide bonds. The van der Waals surface area contributed by atoms with Crippen molar-refractivity contribution < 1.29 is 22.7 Å². The maximum Gasteiger partial charge on any atom is 0.322 e. The Hall–Kier alpha value is -2.16. The van der Waals surface area contributed by atoms with Gasteiger partial charge in [0, 0.05) is 31.1 Å². The Bertz CT molecular complexity index is 1110. The predicted molar refractivity (Wildman–Crippen MR) is 114 cm³/mol. The molecule has 2 atom stereocenters. The van der Waals surface area contributed by atoms with Crippen molar-refractivity contribution in [1.82, 2.24) is 4.31 Å². The van der Waals surface area contributed by atoms with Gasteiger partial charge in [0.2, 0.25) is 10.0 Å². The summed E-state index contributed by atoms with van der Waals surface area (Å²) >= 11 is 6.05. The normalized spacial score (nSPS) is 18.4. The SMILES string of the molecule is Cc1ccc(F)c(C(C)C(C(=O)O)N2CCN(C)c3cc(Cl)ccc3S2(=O)=O)c1C. The average Bonchev–Trinajstić information content (AvgIpc) is 2.75. The summed E-state index contributed by atoms with van der Waals surface area (Å²) in [6.45, 7) is 5.28. The number of aryl methyl sites for hydroxylation is 1. The monoisotopic (exact) mass is 454 g/mol. The molecular weight excluding hydrogens is 431 g/mol. The van der Waals surface area contributed by atoms with Gasteiger partial charge in [-0.15, -0.1) is 0 Å². The van der Waals surface area contributed by atoms with Crippen molar-refractivity contribution in [2.45, 2.75) is 37.6 Å². The molecule has 1 N–H and O–H groups in total. The van der Waals surface area contributed by atoms with Crippen LogP contribution in [0.15, 0.2) is 35.2 Å². The molecule has 162 valence electrons. The van der Waals surface area contributed by atoms with E-state index in [-0.39, 0.29) is 23.5 Å². The molecule has 2 aromatic rings. The molecule has 0 saturated carbocycles. The summed E-state index contributed by atoms with van der Waals surface area (Å²) in [5.41, 5.74) is 2.04. The van der Waals surface area contributed by atoms with Gasteiger partial charge in [0.05, 0.1) is 5.69 Å². The molecule has 0 spiro atoms. The third kappa shape index (κ3) is 3.79. The summed E-state index contributed by atoms with van der Waals surface area (Å²) in [5, 5.41) is 10.4. The van der Waals surface area contributed by atoms with E-state index in [0.29, 0.717) is 16.3 Å².